The summed E-state index contributed by atoms with van der Waals surface area (Å²) in [5.74, 6) is -0.0231. The Balaban J connectivity index is 2.02. The highest BCUT2D eigenvalue weighted by atomic mass is 19.1. The molecule has 0 unspecified atom stereocenters. The SMILES string of the molecule is CC=N/C(=C\C)c1noc(-c2cc(-c3ccccn3)ccc2F)n1. The Bertz CT molecular complexity index is 900. The van der Waals surface area contributed by atoms with E-state index in [0.717, 1.165) is 11.3 Å². The van der Waals surface area contributed by atoms with Gasteiger partial charge in [0.25, 0.3) is 5.89 Å². The molecule has 0 fully saturated rings. The summed E-state index contributed by atoms with van der Waals surface area (Å²) in [6.45, 7) is 3.61. The summed E-state index contributed by atoms with van der Waals surface area (Å²) >= 11 is 0. The van der Waals surface area contributed by atoms with Gasteiger partial charge in [-0.05, 0) is 44.2 Å². The second-order valence-corrected chi connectivity index (χ2v) is 4.89. The summed E-state index contributed by atoms with van der Waals surface area (Å²) in [6, 6.07) is 10.2. The summed E-state index contributed by atoms with van der Waals surface area (Å²) in [6.07, 6.45) is 5.08. The van der Waals surface area contributed by atoms with Crippen LogP contribution in [-0.4, -0.2) is 21.3 Å². The molecule has 3 aromatic rings. The minimum Gasteiger partial charge on any atom is -0.333 e. The molecule has 0 saturated heterocycles. The molecule has 0 aliphatic heterocycles. The Hall–Kier alpha value is -3.15. The third-order valence-electron chi connectivity index (χ3n) is 3.35. The fourth-order valence-corrected chi connectivity index (χ4v) is 2.22. The van der Waals surface area contributed by atoms with Gasteiger partial charge in [-0.25, -0.2) is 4.39 Å². The van der Waals surface area contributed by atoms with Crippen molar-refractivity contribution in [2.24, 2.45) is 4.99 Å². The molecule has 0 aliphatic rings. The first-order valence-corrected chi connectivity index (χ1v) is 7.43. The van der Waals surface area contributed by atoms with Crippen LogP contribution in [0.15, 0.2) is 58.2 Å². The van der Waals surface area contributed by atoms with Crippen LogP contribution in [0.3, 0.4) is 0 Å². The number of pyridine rings is 1. The molecule has 120 valence electrons. The molecule has 24 heavy (non-hydrogen) atoms. The lowest BCUT2D eigenvalue weighted by molar-refractivity contribution is 0.425. The molecule has 2 aromatic heterocycles. The van der Waals surface area contributed by atoms with Crippen molar-refractivity contribution in [2.75, 3.05) is 0 Å². The van der Waals surface area contributed by atoms with Crippen molar-refractivity contribution in [1.29, 1.82) is 0 Å². The molecular weight excluding hydrogens is 307 g/mol. The molecule has 0 bridgehead atoms. The molecule has 0 amide bonds. The normalized spacial score (nSPS) is 12.0. The van der Waals surface area contributed by atoms with E-state index in [4.69, 9.17) is 4.52 Å². The highest BCUT2D eigenvalue weighted by Gasteiger charge is 2.16. The summed E-state index contributed by atoms with van der Waals surface area (Å²) in [5.41, 5.74) is 2.30. The molecule has 0 atom stereocenters. The van der Waals surface area contributed by atoms with Gasteiger partial charge in [-0.15, -0.1) is 0 Å². The fourth-order valence-electron chi connectivity index (χ4n) is 2.22. The largest absolute Gasteiger partial charge is 0.333 e. The second kappa shape index (κ2) is 6.95. The van der Waals surface area contributed by atoms with Crippen LogP contribution in [0.5, 0.6) is 0 Å². The number of hydrogen-bond acceptors (Lipinski definition) is 5. The van der Waals surface area contributed by atoms with Crippen LogP contribution in [0.4, 0.5) is 4.39 Å². The molecule has 2 heterocycles. The fraction of sp³-hybridized carbons (Fsp3) is 0.111. The van der Waals surface area contributed by atoms with Crippen molar-refractivity contribution in [2.45, 2.75) is 13.8 Å². The summed E-state index contributed by atoms with van der Waals surface area (Å²) < 4.78 is 19.4. The third kappa shape index (κ3) is 3.12. The first-order valence-electron chi connectivity index (χ1n) is 7.43. The zero-order chi connectivity index (χ0) is 16.9. The van der Waals surface area contributed by atoms with Crippen molar-refractivity contribution in [3.63, 3.8) is 0 Å². The van der Waals surface area contributed by atoms with E-state index in [1.165, 1.54) is 6.07 Å². The predicted octanol–water partition coefficient (Wildman–Crippen LogP) is 4.39. The van der Waals surface area contributed by atoms with Crippen LogP contribution in [-0.2, 0) is 0 Å². The molecular formula is C18H15FN4O. The van der Waals surface area contributed by atoms with E-state index in [1.807, 2.05) is 25.1 Å². The van der Waals surface area contributed by atoms with Gasteiger partial charge in [-0.1, -0.05) is 17.3 Å². The molecule has 0 aliphatic carbocycles. The second-order valence-electron chi connectivity index (χ2n) is 4.89. The Morgan fingerprint density at radius 2 is 2.08 bits per heavy atom. The third-order valence-corrected chi connectivity index (χ3v) is 3.35. The van der Waals surface area contributed by atoms with Gasteiger partial charge in [-0.2, -0.15) is 4.98 Å². The number of hydrogen-bond donors (Lipinski definition) is 0. The Labute approximate surface area is 138 Å². The Morgan fingerprint density at radius 1 is 1.21 bits per heavy atom. The van der Waals surface area contributed by atoms with E-state index < -0.39 is 5.82 Å². The van der Waals surface area contributed by atoms with Crippen LogP contribution >= 0.6 is 0 Å². The molecule has 1 aromatic carbocycles. The van der Waals surface area contributed by atoms with Crippen LogP contribution in [0.2, 0.25) is 0 Å². The van der Waals surface area contributed by atoms with Crippen molar-refractivity contribution in [3.8, 4) is 22.7 Å². The summed E-state index contributed by atoms with van der Waals surface area (Å²) in [4.78, 5) is 12.7. The maximum absolute atomic E-state index is 14.2. The molecule has 0 N–H and O–H groups in total. The monoisotopic (exact) mass is 322 g/mol. The highest BCUT2D eigenvalue weighted by Crippen LogP contribution is 2.28. The quantitative estimate of drug-likeness (QED) is 0.668. The number of benzene rings is 1. The maximum Gasteiger partial charge on any atom is 0.261 e. The smallest absolute Gasteiger partial charge is 0.261 e. The lowest BCUT2D eigenvalue weighted by Crippen LogP contribution is -1.89. The number of nitrogens with zero attached hydrogens (tertiary/aromatic N) is 4. The van der Waals surface area contributed by atoms with E-state index in [1.54, 1.807) is 37.5 Å². The van der Waals surface area contributed by atoms with Crippen LogP contribution in [0.25, 0.3) is 28.4 Å². The van der Waals surface area contributed by atoms with Crippen molar-refractivity contribution >= 4 is 11.9 Å². The highest BCUT2D eigenvalue weighted by molar-refractivity contribution is 5.71. The van der Waals surface area contributed by atoms with Crippen LogP contribution in [0.1, 0.15) is 19.7 Å². The van der Waals surface area contributed by atoms with E-state index >= 15 is 0 Å². The topological polar surface area (TPSA) is 64.2 Å². The molecule has 0 saturated carbocycles. The van der Waals surface area contributed by atoms with Crippen molar-refractivity contribution in [1.82, 2.24) is 15.1 Å². The minimum absolute atomic E-state index is 0.103. The number of aliphatic imine (C=N–C) groups is 1. The van der Waals surface area contributed by atoms with E-state index in [-0.39, 0.29) is 11.5 Å². The van der Waals surface area contributed by atoms with Gasteiger partial charge < -0.3 is 4.52 Å². The zero-order valence-corrected chi connectivity index (χ0v) is 13.3. The zero-order valence-electron chi connectivity index (χ0n) is 13.3. The van der Waals surface area contributed by atoms with Crippen LogP contribution in [0, 0.1) is 5.82 Å². The summed E-state index contributed by atoms with van der Waals surface area (Å²) in [7, 11) is 0. The van der Waals surface area contributed by atoms with Crippen molar-refractivity contribution in [3.05, 3.63) is 60.3 Å². The van der Waals surface area contributed by atoms with Gasteiger partial charge in [-0.3, -0.25) is 9.98 Å². The van der Waals surface area contributed by atoms with Gasteiger partial charge in [0.2, 0.25) is 5.82 Å². The number of halogens is 1. The van der Waals surface area contributed by atoms with E-state index in [9.17, 15) is 4.39 Å². The number of rotatable bonds is 4. The van der Waals surface area contributed by atoms with Gasteiger partial charge in [0, 0.05) is 18.0 Å². The first kappa shape index (κ1) is 15.7. The molecule has 3 rings (SSSR count). The Morgan fingerprint density at radius 3 is 2.79 bits per heavy atom. The molecule has 5 nitrogen and oxygen atoms in total. The lowest BCUT2D eigenvalue weighted by atomic mass is 10.1. The molecule has 0 radical (unpaired) electrons. The van der Waals surface area contributed by atoms with Gasteiger partial charge >= 0.3 is 0 Å². The molecule has 0 spiro atoms. The standard InChI is InChI=1S/C18H15FN4O/c1-3-15(20-4-2)17-22-18(24-23-17)13-11-12(8-9-14(13)19)16-7-5-6-10-21-16/h3-11H,1-2H3/b15-3-,20-4?. The average Bonchev–Trinajstić information content (AvgIpc) is 3.10. The molecule has 6 heteroatoms. The van der Waals surface area contributed by atoms with Gasteiger partial charge in [0.05, 0.1) is 11.3 Å². The van der Waals surface area contributed by atoms with Gasteiger partial charge in [0.15, 0.2) is 0 Å². The maximum atomic E-state index is 14.2. The average molecular weight is 322 g/mol. The first-order chi connectivity index (χ1) is 11.7. The van der Waals surface area contributed by atoms with Crippen molar-refractivity contribution < 1.29 is 8.91 Å². The predicted molar refractivity (Wildman–Crippen MR) is 90.7 cm³/mol. The Kier molecular flexibility index (Phi) is 4.56. The lowest BCUT2D eigenvalue weighted by Gasteiger charge is -2.03. The van der Waals surface area contributed by atoms with Gasteiger partial charge in [0.1, 0.15) is 11.5 Å². The van der Waals surface area contributed by atoms with E-state index in [2.05, 4.69) is 20.1 Å². The van der Waals surface area contributed by atoms with E-state index in [0.29, 0.717) is 11.5 Å². The summed E-state index contributed by atoms with van der Waals surface area (Å²) in [5, 5.41) is 3.88. The number of allylic oxidation sites excluding steroid dienone is 1. The van der Waals surface area contributed by atoms with Crippen LogP contribution < -0.4 is 0 Å². The number of aromatic nitrogens is 3. The minimum atomic E-state index is -0.439.